The van der Waals surface area contributed by atoms with Gasteiger partial charge in [-0.3, -0.25) is 4.90 Å². The van der Waals surface area contributed by atoms with Gasteiger partial charge in [-0.25, -0.2) is 0 Å². The molecule has 2 aromatic rings. The summed E-state index contributed by atoms with van der Waals surface area (Å²) < 4.78 is 28.9. The lowest BCUT2D eigenvalue weighted by Gasteiger charge is -2.42. The summed E-state index contributed by atoms with van der Waals surface area (Å²) in [7, 11) is 0. The summed E-state index contributed by atoms with van der Waals surface area (Å²) in [6.07, 6.45) is 2.51. The summed E-state index contributed by atoms with van der Waals surface area (Å²) in [4.78, 5) is 2.47. The van der Waals surface area contributed by atoms with Crippen molar-refractivity contribution >= 4 is 0 Å². The molecule has 146 valence electrons. The first-order chi connectivity index (χ1) is 13.8. The first-order valence-corrected chi connectivity index (χ1v) is 10.0. The van der Waals surface area contributed by atoms with E-state index >= 15 is 0 Å². The van der Waals surface area contributed by atoms with E-state index in [1.807, 2.05) is 12.1 Å². The molecule has 0 N–H and O–H groups in total. The highest BCUT2D eigenvalue weighted by molar-refractivity contribution is 5.57. The second-order valence-corrected chi connectivity index (χ2v) is 7.94. The summed E-state index contributed by atoms with van der Waals surface area (Å²) in [6, 6.07) is 10.4. The van der Waals surface area contributed by atoms with E-state index in [1.54, 1.807) is 0 Å². The predicted molar refractivity (Wildman–Crippen MR) is 101 cm³/mol. The van der Waals surface area contributed by atoms with Crippen molar-refractivity contribution in [3.8, 4) is 28.7 Å². The van der Waals surface area contributed by atoms with Crippen LogP contribution in [0.2, 0.25) is 0 Å². The van der Waals surface area contributed by atoms with Crippen LogP contribution in [-0.2, 0) is 0 Å². The second kappa shape index (κ2) is 6.21. The molecule has 0 aliphatic carbocycles. The highest BCUT2D eigenvalue weighted by atomic mass is 16.7. The lowest BCUT2D eigenvalue weighted by molar-refractivity contribution is -0.0178. The van der Waals surface area contributed by atoms with Crippen molar-refractivity contribution in [3.05, 3.63) is 41.5 Å². The monoisotopic (exact) mass is 381 g/mol. The number of fused-ring (bicyclic) bond motifs is 3. The van der Waals surface area contributed by atoms with Crippen LogP contribution < -0.4 is 23.7 Å². The topological polar surface area (TPSA) is 49.4 Å². The first-order valence-electron chi connectivity index (χ1n) is 10.0. The Hall–Kier alpha value is -2.60. The van der Waals surface area contributed by atoms with Crippen LogP contribution >= 0.6 is 0 Å². The molecule has 4 aliphatic rings. The fourth-order valence-corrected chi connectivity index (χ4v) is 4.96. The summed E-state index contributed by atoms with van der Waals surface area (Å²) in [5.74, 6) is 4.53. The largest absolute Gasteiger partial charge is 0.474 e. The Morgan fingerprint density at radius 2 is 1.46 bits per heavy atom. The van der Waals surface area contributed by atoms with Crippen molar-refractivity contribution in [1.29, 1.82) is 0 Å². The van der Waals surface area contributed by atoms with Gasteiger partial charge in [0.15, 0.2) is 29.2 Å². The van der Waals surface area contributed by atoms with E-state index in [9.17, 15) is 0 Å². The molecular formula is C22H23NO5. The highest BCUT2D eigenvalue weighted by Crippen LogP contribution is 2.51. The van der Waals surface area contributed by atoms with Gasteiger partial charge in [0, 0.05) is 36.6 Å². The summed E-state index contributed by atoms with van der Waals surface area (Å²) in [5, 5.41) is 0. The molecule has 0 unspecified atom stereocenters. The molecular weight excluding hydrogens is 358 g/mol. The normalized spacial score (nSPS) is 27.5. The molecule has 0 aromatic heterocycles. The molecule has 4 aliphatic heterocycles. The van der Waals surface area contributed by atoms with E-state index in [0.717, 1.165) is 47.4 Å². The van der Waals surface area contributed by atoms with Gasteiger partial charge in [0.1, 0.15) is 5.75 Å². The van der Waals surface area contributed by atoms with Crippen molar-refractivity contribution in [2.75, 3.05) is 26.7 Å². The minimum atomic E-state index is 0.0470. The molecule has 28 heavy (non-hydrogen) atoms. The van der Waals surface area contributed by atoms with Crippen LogP contribution in [0.3, 0.4) is 0 Å². The number of hydrogen-bond donors (Lipinski definition) is 0. The number of nitrogens with zero attached hydrogens (tertiary/aromatic N) is 1. The van der Waals surface area contributed by atoms with Crippen LogP contribution in [0.4, 0.5) is 0 Å². The van der Waals surface area contributed by atoms with Crippen LogP contribution in [0.1, 0.15) is 36.8 Å². The maximum absolute atomic E-state index is 6.53. The number of ether oxygens (including phenoxy) is 5. The number of hydrogen-bond acceptors (Lipinski definition) is 6. The van der Waals surface area contributed by atoms with Crippen molar-refractivity contribution in [3.63, 3.8) is 0 Å². The quantitative estimate of drug-likeness (QED) is 0.790. The maximum atomic E-state index is 6.53. The zero-order valence-corrected chi connectivity index (χ0v) is 15.8. The predicted octanol–water partition coefficient (Wildman–Crippen LogP) is 3.73. The van der Waals surface area contributed by atoms with Gasteiger partial charge in [-0.05, 0) is 36.6 Å². The van der Waals surface area contributed by atoms with Crippen LogP contribution in [-0.4, -0.2) is 37.8 Å². The van der Waals surface area contributed by atoms with Crippen molar-refractivity contribution in [2.24, 2.45) is 5.92 Å². The second-order valence-electron chi connectivity index (χ2n) is 7.94. The van der Waals surface area contributed by atoms with Gasteiger partial charge in [0.25, 0.3) is 0 Å². The highest BCUT2D eigenvalue weighted by Gasteiger charge is 2.41. The number of rotatable bonds is 2. The Morgan fingerprint density at radius 3 is 2.25 bits per heavy atom. The van der Waals surface area contributed by atoms with Gasteiger partial charge in [-0.1, -0.05) is 13.0 Å². The van der Waals surface area contributed by atoms with E-state index in [1.165, 1.54) is 18.4 Å². The zero-order chi connectivity index (χ0) is 18.7. The Kier molecular flexibility index (Phi) is 3.63. The molecule has 1 fully saturated rings. The van der Waals surface area contributed by atoms with Gasteiger partial charge in [0.2, 0.25) is 13.6 Å². The van der Waals surface area contributed by atoms with Gasteiger partial charge in [0.05, 0.1) is 0 Å². The van der Waals surface area contributed by atoms with E-state index in [4.69, 9.17) is 23.7 Å². The van der Waals surface area contributed by atoms with E-state index in [-0.39, 0.29) is 31.6 Å². The Labute approximate surface area is 163 Å². The molecule has 6 rings (SSSR count). The minimum absolute atomic E-state index is 0.0470. The van der Waals surface area contributed by atoms with Crippen molar-refractivity contribution < 1.29 is 23.7 Å². The van der Waals surface area contributed by atoms with Gasteiger partial charge in [-0.15, -0.1) is 0 Å². The molecule has 4 heterocycles. The van der Waals surface area contributed by atoms with Gasteiger partial charge >= 0.3 is 0 Å². The van der Waals surface area contributed by atoms with Crippen molar-refractivity contribution in [1.82, 2.24) is 4.90 Å². The molecule has 0 radical (unpaired) electrons. The third-order valence-corrected chi connectivity index (χ3v) is 6.32. The Balaban J connectivity index is 1.47. The number of benzene rings is 2. The van der Waals surface area contributed by atoms with Crippen LogP contribution in [0.5, 0.6) is 28.7 Å². The Morgan fingerprint density at radius 1 is 0.786 bits per heavy atom. The summed E-state index contributed by atoms with van der Waals surface area (Å²) in [5.41, 5.74) is 2.36. The zero-order valence-electron chi connectivity index (χ0n) is 15.8. The fraction of sp³-hybridized carbons (Fsp3) is 0.455. The third-order valence-electron chi connectivity index (χ3n) is 6.32. The van der Waals surface area contributed by atoms with E-state index < -0.39 is 0 Å². The number of likely N-dealkylation sites (tertiary alicyclic amines) is 1. The molecule has 6 nitrogen and oxygen atoms in total. The standard InChI is InChI=1S/C22H23NO5/c1-13-21(14-4-5-16-18(8-14)25-11-24-16)15-9-19-20(27-12-26-19)10-17(15)28-22(13)23-6-2-3-7-23/h4-5,8-10,13,21-22H,2-3,6-7,11-12H2,1H3/t13-,21+,22+/m1/s1. The molecule has 0 amide bonds. The SMILES string of the molecule is C[C@@H]1[C@@H](c2ccc3c(c2)OCO3)c2cc3c(cc2O[C@@H]1N1CCCC1)OCO3. The lowest BCUT2D eigenvalue weighted by atomic mass is 9.78. The first kappa shape index (κ1) is 16.4. The average molecular weight is 381 g/mol. The fourth-order valence-electron chi connectivity index (χ4n) is 4.96. The third kappa shape index (κ3) is 2.44. The van der Waals surface area contributed by atoms with Crippen LogP contribution in [0.15, 0.2) is 30.3 Å². The lowest BCUT2D eigenvalue weighted by Crippen LogP contribution is -2.46. The van der Waals surface area contributed by atoms with Crippen LogP contribution in [0.25, 0.3) is 0 Å². The molecule has 0 spiro atoms. The molecule has 0 bridgehead atoms. The minimum Gasteiger partial charge on any atom is -0.474 e. The summed E-state index contributed by atoms with van der Waals surface area (Å²) in [6.45, 7) is 5.00. The van der Waals surface area contributed by atoms with E-state index in [0.29, 0.717) is 0 Å². The average Bonchev–Trinajstić information content (AvgIpc) is 3.46. The molecule has 0 saturated carbocycles. The molecule has 3 atom stereocenters. The molecule has 1 saturated heterocycles. The summed E-state index contributed by atoms with van der Waals surface area (Å²) >= 11 is 0. The van der Waals surface area contributed by atoms with Crippen molar-refractivity contribution in [2.45, 2.75) is 31.9 Å². The van der Waals surface area contributed by atoms with E-state index in [2.05, 4.69) is 30.0 Å². The molecule has 2 aromatic carbocycles. The van der Waals surface area contributed by atoms with Crippen LogP contribution in [0, 0.1) is 5.92 Å². The van der Waals surface area contributed by atoms with Gasteiger partial charge in [-0.2, -0.15) is 0 Å². The maximum Gasteiger partial charge on any atom is 0.231 e. The smallest absolute Gasteiger partial charge is 0.231 e. The molecule has 6 heteroatoms. The van der Waals surface area contributed by atoms with Gasteiger partial charge < -0.3 is 23.7 Å². The Bertz CT molecular complexity index is 923.